The van der Waals surface area contributed by atoms with Gasteiger partial charge in [0.2, 0.25) is 0 Å². The van der Waals surface area contributed by atoms with E-state index in [-0.39, 0.29) is 16.5 Å². The van der Waals surface area contributed by atoms with Crippen molar-refractivity contribution in [3.8, 4) is 11.3 Å². The minimum atomic E-state index is -3.53. The summed E-state index contributed by atoms with van der Waals surface area (Å²) in [6.45, 7) is 1.83. The van der Waals surface area contributed by atoms with Gasteiger partial charge < -0.3 is 16.8 Å². The van der Waals surface area contributed by atoms with Gasteiger partial charge in [-0.15, -0.1) is 0 Å². The first-order valence-electron chi connectivity index (χ1n) is 9.53. The predicted molar refractivity (Wildman–Crippen MR) is 121 cm³/mol. The van der Waals surface area contributed by atoms with Crippen LogP contribution in [0, 0.1) is 5.82 Å². The average molecular weight is 454 g/mol. The van der Waals surface area contributed by atoms with Crippen molar-refractivity contribution < 1.29 is 12.8 Å². The second kappa shape index (κ2) is 8.00. The molecule has 3 heterocycles. The van der Waals surface area contributed by atoms with Crippen molar-refractivity contribution in [3.63, 3.8) is 0 Å². The smallest absolute Gasteiger partial charge is 0.192 e. The monoisotopic (exact) mass is 453 g/mol. The molecule has 164 valence electrons. The predicted octanol–water partition coefficient (Wildman–Crippen LogP) is 2.97. The molecule has 0 bridgehead atoms. The van der Waals surface area contributed by atoms with Gasteiger partial charge in [0.15, 0.2) is 26.5 Å². The lowest BCUT2D eigenvalue weighted by Crippen LogP contribution is -2.14. The zero-order valence-corrected chi connectivity index (χ0v) is 18.1. The van der Waals surface area contributed by atoms with E-state index in [1.807, 2.05) is 6.92 Å². The van der Waals surface area contributed by atoms with Crippen LogP contribution in [-0.2, 0) is 9.84 Å². The number of nitrogens with two attached hydrogens (primary N) is 2. The number of anilines is 3. The normalized spacial score (nSPS) is 12.6. The van der Waals surface area contributed by atoms with E-state index in [1.54, 1.807) is 24.3 Å². The number of nitrogens with zero attached hydrogens (tertiary/aromatic N) is 4. The first-order chi connectivity index (χ1) is 15.1. The maximum absolute atomic E-state index is 13.8. The van der Waals surface area contributed by atoms with E-state index in [0.29, 0.717) is 33.7 Å². The molecule has 3 aromatic heterocycles. The average Bonchev–Trinajstić information content (AvgIpc) is 2.75. The third-order valence-corrected chi connectivity index (χ3v) is 5.85. The Bertz CT molecular complexity index is 1440. The fraction of sp³-hybridized carbons (Fsp3) is 0.143. The van der Waals surface area contributed by atoms with E-state index in [1.165, 1.54) is 24.5 Å². The van der Waals surface area contributed by atoms with Gasteiger partial charge in [0.1, 0.15) is 17.8 Å². The molecule has 1 aromatic carbocycles. The van der Waals surface area contributed by atoms with Gasteiger partial charge in [-0.25, -0.2) is 32.7 Å². The molecule has 0 radical (unpaired) electrons. The van der Waals surface area contributed by atoms with Gasteiger partial charge in [0, 0.05) is 17.2 Å². The van der Waals surface area contributed by atoms with Gasteiger partial charge in [0.25, 0.3) is 0 Å². The minimum Gasteiger partial charge on any atom is -0.393 e. The lowest BCUT2D eigenvalue weighted by atomic mass is 10.0. The Morgan fingerprint density at radius 2 is 1.84 bits per heavy atom. The Labute approximate surface area is 183 Å². The molecule has 0 saturated heterocycles. The topological polar surface area (TPSA) is 150 Å². The number of nitrogens with one attached hydrogen (secondary N) is 1. The first-order valence-corrected chi connectivity index (χ1v) is 11.4. The molecule has 4 aromatic rings. The van der Waals surface area contributed by atoms with Crippen LogP contribution in [0.4, 0.5) is 21.7 Å². The zero-order valence-electron chi connectivity index (χ0n) is 17.2. The van der Waals surface area contributed by atoms with Gasteiger partial charge in [0.05, 0.1) is 22.9 Å². The van der Waals surface area contributed by atoms with Crippen molar-refractivity contribution in [2.45, 2.75) is 18.0 Å². The molecule has 0 aliphatic carbocycles. The van der Waals surface area contributed by atoms with Crippen LogP contribution in [0.3, 0.4) is 0 Å². The largest absolute Gasteiger partial charge is 0.393 e. The van der Waals surface area contributed by atoms with Crippen LogP contribution in [-0.4, -0.2) is 34.6 Å². The minimum absolute atomic E-state index is 0.0753. The Hall–Kier alpha value is -3.86. The van der Waals surface area contributed by atoms with Gasteiger partial charge in [-0.05, 0) is 43.3 Å². The van der Waals surface area contributed by atoms with Crippen LogP contribution < -0.4 is 16.8 Å². The molecule has 0 amide bonds. The Morgan fingerprint density at radius 1 is 1.06 bits per heavy atom. The van der Waals surface area contributed by atoms with E-state index < -0.39 is 21.7 Å². The van der Waals surface area contributed by atoms with Crippen LogP contribution in [0.1, 0.15) is 18.7 Å². The van der Waals surface area contributed by atoms with Crippen LogP contribution in [0.2, 0.25) is 0 Å². The fourth-order valence-corrected chi connectivity index (χ4v) is 3.86. The number of nitrogen functional groups attached to an aromatic ring is 2. The lowest BCUT2D eigenvalue weighted by Gasteiger charge is -2.19. The second-order valence-electron chi connectivity index (χ2n) is 7.28. The number of hydrogen-bond acceptors (Lipinski definition) is 9. The van der Waals surface area contributed by atoms with E-state index in [0.717, 1.165) is 6.26 Å². The molecule has 0 fully saturated rings. The number of rotatable bonds is 5. The molecule has 0 unspecified atom stereocenters. The highest BCUT2D eigenvalue weighted by atomic mass is 32.2. The summed E-state index contributed by atoms with van der Waals surface area (Å²) in [5.41, 5.74) is 14.0. The number of benzene rings is 1. The second-order valence-corrected chi connectivity index (χ2v) is 9.24. The van der Waals surface area contributed by atoms with Crippen LogP contribution in [0.15, 0.2) is 53.8 Å². The third-order valence-electron chi connectivity index (χ3n) is 4.86. The van der Waals surface area contributed by atoms with E-state index in [4.69, 9.17) is 16.5 Å². The SMILES string of the molecule is C[C@H](Nc1ncnc(N)c1N)c1nc2ccc(F)cc2cc1-c1cccc(S(C)(=O)=O)n1. The Balaban J connectivity index is 1.89. The zero-order chi connectivity index (χ0) is 23.0. The molecular formula is C21H20FN7O2S. The lowest BCUT2D eigenvalue weighted by molar-refractivity contribution is 0.598. The van der Waals surface area contributed by atoms with E-state index >= 15 is 0 Å². The van der Waals surface area contributed by atoms with Crippen molar-refractivity contribution in [1.82, 2.24) is 19.9 Å². The van der Waals surface area contributed by atoms with Crippen molar-refractivity contribution in [3.05, 3.63) is 60.3 Å². The van der Waals surface area contributed by atoms with E-state index in [9.17, 15) is 12.8 Å². The van der Waals surface area contributed by atoms with Crippen molar-refractivity contribution >= 4 is 38.1 Å². The molecule has 5 N–H and O–H groups in total. The van der Waals surface area contributed by atoms with Crippen LogP contribution in [0.5, 0.6) is 0 Å². The molecule has 0 aliphatic rings. The quantitative estimate of drug-likeness (QED) is 0.414. The maximum atomic E-state index is 13.8. The third kappa shape index (κ3) is 4.14. The van der Waals surface area contributed by atoms with Crippen LogP contribution >= 0.6 is 0 Å². The van der Waals surface area contributed by atoms with Gasteiger partial charge in [-0.2, -0.15) is 0 Å². The highest BCUT2D eigenvalue weighted by molar-refractivity contribution is 7.90. The molecular weight excluding hydrogens is 433 g/mol. The maximum Gasteiger partial charge on any atom is 0.192 e. The summed E-state index contributed by atoms with van der Waals surface area (Å²) >= 11 is 0. The summed E-state index contributed by atoms with van der Waals surface area (Å²) in [6.07, 6.45) is 2.37. The van der Waals surface area contributed by atoms with Crippen molar-refractivity contribution in [2.75, 3.05) is 23.0 Å². The summed E-state index contributed by atoms with van der Waals surface area (Å²) < 4.78 is 37.9. The number of sulfone groups is 1. The summed E-state index contributed by atoms with van der Waals surface area (Å²) in [5.74, 6) is 0.0560. The van der Waals surface area contributed by atoms with Crippen molar-refractivity contribution in [2.24, 2.45) is 0 Å². The number of aromatic nitrogens is 4. The fourth-order valence-electron chi connectivity index (χ4n) is 3.27. The van der Waals surface area contributed by atoms with Gasteiger partial charge >= 0.3 is 0 Å². The number of hydrogen-bond donors (Lipinski definition) is 3. The summed E-state index contributed by atoms with van der Waals surface area (Å²) in [5, 5.41) is 3.63. The number of fused-ring (bicyclic) bond motifs is 1. The highest BCUT2D eigenvalue weighted by Gasteiger charge is 2.20. The highest BCUT2D eigenvalue weighted by Crippen LogP contribution is 2.32. The molecule has 0 saturated carbocycles. The molecule has 9 nitrogen and oxygen atoms in total. The molecule has 11 heteroatoms. The van der Waals surface area contributed by atoms with Gasteiger partial charge in [-0.3, -0.25) is 0 Å². The van der Waals surface area contributed by atoms with E-state index in [2.05, 4.69) is 20.3 Å². The molecule has 32 heavy (non-hydrogen) atoms. The number of halogens is 1. The standard InChI is InChI=1S/C21H20FN7O2S/c1-11(27-21-18(23)20(24)25-10-26-21)19-14(9-12-8-13(22)6-7-15(12)29-19)16-4-3-5-17(28-16)32(2,30)31/h3-11H,23H2,1-2H3,(H3,24,25,26,27)/t11-/m0/s1. The molecule has 4 rings (SSSR count). The molecule has 0 spiro atoms. The molecule has 0 aliphatic heterocycles. The summed E-state index contributed by atoms with van der Waals surface area (Å²) in [7, 11) is -3.53. The summed E-state index contributed by atoms with van der Waals surface area (Å²) in [4.78, 5) is 17.0. The Kier molecular flexibility index (Phi) is 5.35. The molecule has 1 atom stereocenters. The Morgan fingerprint density at radius 3 is 2.59 bits per heavy atom. The number of pyridine rings is 2. The summed E-state index contributed by atoms with van der Waals surface area (Å²) in [6, 6.07) is 10.2. The first kappa shape index (κ1) is 21.4. The van der Waals surface area contributed by atoms with Crippen molar-refractivity contribution in [1.29, 1.82) is 0 Å². The van der Waals surface area contributed by atoms with Gasteiger partial charge in [-0.1, -0.05) is 6.07 Å². The van der Waals surface area contributed by atoms with Crippen LogP contribution in [0.25, 0.3) is 22.2 Å².